The zero-order valence-corrected chi connectivity index (χ0v) is 11.0. The number of hydrogen-bond donors (Lipinski definition) is 2. The molecule has 2 N–H and O–H groups in total. The molecule has 0 atom stereocenters. The van der Waals surface area contributed by atoms with Crippen LogP contribution in [-0.4, -0.2) is 17.6 Å². The third-order valence-corrected chi connectivity index (χ3v) is 2.65. The number of ether oxygens (including phenoxy) is 1. The number of hydrogen-bond acceptors (Lipinski definition) is 3. The Morgan fingerprint density at radius 1 is 1.14 bits per heavy atom. The molecule has 21 heavy (non-hydrogen) atoms. The molecule has 0 aliphatic rings. The van der Waals surface area contributed by atoms with Gasteiger partial charge in [0.15, 0.2) is 18.2 Å². The first-order valence-corrected chi connectivity index (χ1v) is 6.16. The molecule has 2 rings (SSSR count). The van der Waals surface area contributed by atoms with Gasteiger partial charge in [-0.05, 0) is 29.8 Å². The van der Waals surface area contributed by atoms with Gasteiger partial charge in [0, 0.05) is 11.8 Å². The summed E-state index contributed by atoms with van der Waals surface area (Å²) in [6.45, 7) is -0.411. The van der Waals surface area contributed by atoms with Gasteiger partial charge in [-0.1, -0.05) is 12.1 Å². The molecule has 0 bridgehead atoms. The lowest BCUT2D eigenvalue weighted by molar-refractivity contribution is -0.118. The number of carbonyl (C=O) groups is 1. The zero-order chi connectivity index (χ0) is 15.2. The van der Waals surface area contributed by atoms with Crippen LogP contribution < -0.4 is 10.1 Å². The van der Waals surface area contributed by atoms with Crippen LogP contribution in [0.1, 0.15) is 5.56 Å². The number of carbonyl (C=O) groups excluding carboxylic acids is 1. The summed E-state index contributed by atoms with van der Waals surface area (Å²) in [5.74, 6) is -2.09. The number of amides is 1. The maximum Gasteiger partial charge on any atom is 0.262 e. The van der Waals surface area contributed by atoms with E-state index in [2.05, 4.69) is 5.32 Å². The van der Waals surface area contributed by atoms with Gasteiger partial charge in [-0.15, -0.1) is 0 Å². The molecule has 0 aliphatic heterocycles. The van der Waals surface area contributed by atoms with E-state index in [0.29, 0.717) is 11.3 Å². The topological polar surface area (TPSA) is 58.6 Å². The normalized spacial score (nSPS) is 10.2. The van der Waals surface area contributed by atoms with Crippen molar-refractivity contribution in [2.45, 2.75) is 6.61 Å². The zero-order valence-electron chi connectivity index (χ0n) is 11.0. The summed E-state index contributed by atoms with van der Waals surface area (Å²) in [4.78, 5) is 11.6. The minimum absolute atomic E-state index is 0.127. The standard InChI is InChI=1S/C15H13F2NO3/c16-13-5-4-11(7-14(13)17)18-15(20)9-21-12-3-1-2-10(6-12)8-19/h1-7,19H,8-9H2,(H,18,20). The molecule has 0 radical (unpaired) electrons. The number of rotatable bonds is 5. The van der Waals surface area contributed by atoms with E-state index in [-0.39, 0.29) is 18.9 Å². The second-order valence-electron chi connectivity index (χ2n) is 4.27. The molecule has 0 fully saturated rings. The number of aliphatic hydroxyl groups is 1. The molecule has 2 aromatic carbocycles. The lowest BCUT2D eigenvalue weighted by Crippen LogP contribution is -2.20. The van der Waals surface area contributed by atoms with E-state index in [1.165, 1.54) is 6.07 Å². The first-order chi connectivity index (χ1) is 10.1. The molecule has 110 valence electrons. The number of aliphatic hydroxyl groups excluding tert-OH is 1. The third kappa shape index (κ3) is 4.25. The quantitative estimate of drug-likeness (QED) is 0.890. The van der Waals surface area contributed by atoms with Gasteiger partial charge in [0.1, 0.15) is 5.75 Å². The van der Waals surface area contributed by atoms with E-state index >= 15 is 0 Å². The predicted molar refractivity (Wildman–Crippen MR) is 72.8 cm³/mol. The molecule has 0 saturated carbocycles. The van der Waals surface area contributed by atoms with Crippen LogP contribution >= 0.6 is 0 Å². The molecule has 0 aliphatic carbocycles. The summed E-state index contributed by atoms with van der Waals surface area (Å²) in [6.07, 6.45) is 0. The van der Waals surface area contributed by atoms with Gasteiger partial charge in [0.25, 0.3) is 5.91 Å². The first-order valence-electron chi connectivity index (χ1n) is 6.16. The van der Waals surface area contributed by atoms with Crippen LogP contribution in [0.5, 0.6) is 5.75 Å². The Bertz CT molecular complexity index is 647. The lowest BCUT2D eigenvalue weighted by atomic mass is 10.2. The van der Waals surface area contributed by atoms with E-state index in [9.17, 15) is 13.6 Å². The van der Waals surface area contributed by atoms with Crippen molar-refractivity contribution in [2.75, 3.05) is 11.9 Å². The molecule has 0 unspecified atom stereocenters. The van der Waals surface area contributed by atoms with Gasteiger partial charge in [0.05, 0.1) is 6.61 Å². The van der Waals surface area contributed by atoms with Crippen LogP contribution in [-0.2, 0) is 11.4 Å². The lowest BCUT2D eigenvalue weighted by Gasteiger charge is -2.08. The number of anilines is 1. The summed E-state index contributed by atoms with van der Waals surface area (Å²) in [5, 5.41) is 11.4. The predicted octanol–water partition coefficient (Wildman–Crippen LogP) is 2.47. The maximum atomic E-state index is 13.0. The largest absolute Gasteiger partial charge is 0.484 e. The van der Waals surface area contributed by atoms with Crippen LogP contribution in [0.2, 0.25) is 0 Å². The van der Waals surface area contributed by atoms with Crippen molar-refractivity contribution in [1.29, 1.82) is 0 Å². The van der Waals surface area contributed by atoms with Crippen molar-refractivity contribution in [3.05, 3.63) is 59.7 Å². The van der Waals surface area contributed by atoms with E-state index in [0.717, 1.165) is 12.1 Å². The van der Waals surface area contributed by atoms with E-state index < -0.39 is 17.5 Å². The fourth-order valence-electron chi connectivity index (χ4n) is 1.65. The average Bonchev–Trinajstić information content (AvgIpc) is 2.49. The van der Waals surface area contributed by atoms with Crippen LogP contribution in [0, 0.1) is 11.6 Å². The highest BCUT2D eigenvalue weighted by atomic mass is 19.2. The van der Waals surface area contributed by atoms with Crippen LogP contribution in [0.15, 0.2) is 42.5 Å². The van der Waals surface area contributed by atoms with Crippen molar-refractivity contribution in [3.63, 3.8) is 0 Å². The first kappa shape index (κ1) is 14.9. The number of benzene rings is 2. The summed E-state index contributed by atoms with van der Waals surface area (Å²) in [7, 11) is 0. The molecule has 4 nitrogen and oxygen atoms in total. The monoisotopic (exact) mass is 293 g/mol. The Morgan fingerprint density at radius 2 is 1.95 bits per heavy atom. The van der Waals surface area contributed by atoms with E-state index in [1.54, 1.807) is 24.3 Å². The maximum absolute atomic E-state index is 13.0. The highest BCUT2D eigenvalue weighted by Crippen LogP contribution is 2.15. The smallest absolute Gasteiger partial charge is 0.262 e. The minimum Gasteiger partial charge on any atom is -0.484 e. The van der Waals surface area contributed by atoms with Crippen LogP contribution in [0.3, 0.4) is 0 Å². The molecule has 0 saturated heterocycles. The van der Waals surface area contributed by atoms with Gasteiger partial charge < -0.3 is 15.2 Å². The van der Waals surface area contributed by atoms with Crippen molar-refractivity contribution in [2.24, 2.45) is 0 Å². The molecule has 1 amide bonds. The van der Waals surface area contributed by atoms with Gasteiger partial charge in [-0.25, -0.2) is 8.78 Å². The second kappa shape index (κ2) is 6.81. The fourth-order valence-corrected chi connectivity index (χ4v) is 1.65. The molecular weight excluding hydrogens is 280 g/mol. The van der Waals surface area contributed by atoms with Gasteiger partial charge in [-0.3, -0.25) is 4.79 Å². The third-order valence-electron chi connectivity index (χ3n) is 2.65. The number of halogens is 2. The van der Waals surface area contributed by atoms with Crippen LogP contribution in [0.25, 0.3) is 0 Å². The minimum atomic E-state index is -1.04. The van der Waals surface area contributed by atoms with Gasteiger partial charge in [0.2, 0.25) is 0 Å². The molecular formula is C15H13F2NO3. The number of nitrogens with one attached hydrogen (secondary N) is 1. The van der Waals surface area contributed by atoms with E-state index in [4.69, 9.17) is 9.84 Å². The summed E-state index contributed by atoms with van der Waals surface area (Å²) in [5.41, 5.74) is 0.806. The highest BCUT2D eigenvalue weighted by Gasteiger charge is 2.07. The van der Waals surface area contributed by atoms with Crippen LogP contribution in [0.4, 0.5) is 14.5 Å². The fraction of sp³-hybridized carbons (Fsp3) is 0.133. The second-order valence-corrected chi connectivity index (χ2v) is 4.27. The molecule has 0 aromatic heterocycles. The Hall–Kier alpha value is -2.47. The van der Waals surface area contributed by atoms with Gasteiger partial charge in [-0.2, -0.15) is 0 Å². The van der Waals surface area contributed by atoms with Crippen molar-refractivity contribution < 1.29 is 23.4 Å². The molecule has 0 heterocycles. The summed E-state index contributed by atoms with van der Waals surface area (Å²) < 4.78 is 31.0. The van der Waals surface area contributed by atoms with Crippen molar-refractivity contribution in [3.8, 4) is 5.75 Å². The van der Waals surface area contributed by atoms with Crippen molar-refractivity contribution >= 4 is 11.6 Å². The summed E-state index contributed by atoms with van der Waals surface area (Å²) >= 11 is 0. The molecule has 6 heteroatoms. The molecule has 2 aromatic rings. The Morgan fingerprint density at radius 3 is 2.67 bits per heavy atom. The highest BCUT2D eigenvalue weighted by molar-refractivity contribution is 5.91. The Labute approximate surface area is 120 Å². The van der Waals surface area contributed by atoms with Crippen molar-refractivity contribution in [1.82, 2.24) is 0 Å². The van der Waals surface area contributed by atoms with E-state index in [1.807, 2.05) is 0 Å². The summed E-state index contributed by atoms with van der Waals surface area (Å²) in [6, 6.07) is 9.72. The van der Waals surface area contributed by atoms with Gasteiger partial charge >= 0.3 is 0 Å². The Balaban J connectivity index is 1.91. The molecule has 0 spiro atoms. The Kier molecular flexibility index (Phi) is 4.84. The average molecular weight is 293 g/mol. The SMILES string of the molecule is O=C(COc1cccc(CO)c1)Nc1ccc(F)c(F)c1.